The molecule has 3 N–H and O–H groups in total. The van der Waals surface area contributed by atoms with Crippen molar-refractivity contribution in [3.8, 4) is 17.2 Å². The van der Waals surface area contributed by atoms with Crippen LogP contribution in [0, 0.1) is 23.0 Å². The molecule has 1 aliphatic rings. The molecule has 4 aromatic rings. The van der Waals surface area contributed by atoms with Crippen LogP contribution in [-0.4, -0.2) is 17.4 Å². The van der Waals surface area contributed by atoms with Gasteiger partial charge in [-0.1, -0.05) is 36.4 Å². The van der Waals surface area contributed by atoms with Crippen molar-refractivity contribution in [1.82, 2.24) is 5.32 Å². The van der Waals surface area contributed by atoms with Gasteiger partial charge in [0.05, 0.1) is 17.7 Å². The largest absolute Gasteiger partial charge is 0.459 e. The highest BCUT2D eigenvalue weighted by molar-refractivity contribution is 5.96. The van der Waals surface area contributed by atoms with Crippen molar-refractivity contribution in [2.24, 2.45) is 5.73 Å². The Kier molecular flexibility index (Phi) is 8.14. The molecule has 0 aromatic heterocycles. The first-order chi connectivity index (χ1) is 20.1. The number of aryl methyl sites for hydroxylation is 1. The second kappa shape index (κ2) is 11.9. The SMILES string of the molecule is CC1(N)Cc2cc(F)cc(c2)CCC(c2ccc(F)cc2)NC(=O)c2cc(cc(-c3ccccc3C#N)c2)COC1=O. The van der Waals surface area contributed by atoms with Crippen molar-refractivity contribution in [3.05, 3.63) is 130 Å². The minimum Gasteiger partial charge on any atom is -0.459 e. The molecule has 5 rings (SSSR count). The van der Waals surface area contributed by atoms with Crippen LogP contribution in [-0.2, 0) is 29.0 Å². The molecule has 42 heavy (non-hydrogen) atoms. The Hall–Kier alpha value is -4.87. The number of benzene rings is 4. The normalized spacial score (nSPS) is 19.4. The maximum Gasteiger partial charge on any atom is 0.326 e. The molecule has 6 nitrogen and oxygen atoms in total. The van der Waals surface area contributed by atoms with Crippen molar-refractivity contribution in [3.63, 3.8) is 0 Å². The predicted molar refractivity (Wildman–Crippen MR) is 154 cm³/mol. The molecule has 1 aliphatic heterocycles. The van der Waals surface area contributed by atoms with Gasteiger partial charge in [0.1, 0.15) is 23.8 Å². The first-order valence-electron chi connectivity index (χ1n) is 13.6. The number of nitrogens with zero attached hydrogens (tertiary/aromatic N) is 1. The summed E-state index contributed by atoms with van der Waals surface area (Å²) in [5, 5.41) is 12.7. The molecule has 8 heteroatoms. The maximum atomic E-state index is 14.6. The summed E-state index contributed by atoms with van der Waals surface area (Å²) in [7, 11) is 0. The average molecular weight is 566 g/mol. The summed E-state index contributed by atoms with van der Waals surface area (Å²) in [6.07, 6.45) is 0.835. The van der Waals surface area contributed by atoms with Gasteiger partial charge in [0.15, 0.2) is 0 Å². The van der Waals surface area contributed by atoms with Gasteiger partial charge in [-0.25, -0.2) is 8.78 Å². The van der Waals surface area contributed by atoms with Gasteiger partial charge in [-0.2, -0.15) is 5.26 Å². The van der Waals surface area contributed by atoms with Crippen LogP contribution in [0.2, 0.25) is 0 Å². The summed E-state index contributed by atoms with van der Waals surface area (Å²) in [5.74, 6) is -1.95. The van der Waals surface area contributed by atoms with E-state index in [1.807, 2.05) is 0 Å². The third-order valence-electron chi connectivity index (χ3n) is 7.34. The summed E-state index contributed by atoms with van der Waals surface area (Å²) < 4.78 is 33.9. The Balaban J connectivity index is 1.60. The highest BCUT2D eigenvalue weighted by atomic mass is 19.1. The minimum absolute atomic E-state index is 0.0511. The first-order valence-corrected chi connectivity index (χ1v) is 13.6. The molecule has 1 amide bonds. The number of hydrogen-bond donors (Lipinski definition) is 2. The van der Waals surface area contributed by atoms with E-state index in [2.05, 4.69) is 11.4 Å². The predicted octanol–water partition coefficient (Wildman–Crippen LogP) is 5.92. The standard InChI is InChI=1S/C34H29F2N3O3/c1-34(38)18-22-12-21(15-29(36)16-22)6-11-31(24-7-9-28(35)10-8-24)39-32(40)27-14-23(20-42-33(34)41)13-26(17-27)30-5-3-2-4-25(30)19-37/h2-5,7-10,12-17,31H,6,11,18,20,38H2,1H3,(H,39,40). The van der Waals surface area contributed by atoms with Crippen LogP contribution in [0.1, 0.15) is 57.6 Å². The summed E-state index contributed by atoms with van der Waals surface area (Å²) >= 11 is 0. The van der Waals surface area contributed by atoms with Crippen LogP contribution in [0.25, 0.3) is 11.1 Å². The number of ether oxygens (including phenoxy) is 1. The summed E-state index contributed by atoms with van der Waals surface area (Å²) in [4.78, 5) is 26.8. The van der Waals surface area contributed by atoms with Gasteiger partial charge < -0.3 is 15.8 Å². The van der Waals surface area contributed by atoms with E-state index >= 15 is 0 Å². The number of nitriles is 1. The summed E-state index contributed by atoms with van der Waals surface area (Å²) in [6.45, 7) is 1.36. The van der Waals surface area contributed by atoms with E-state index in [9.17, 15) is 23.6 Å². The number of carbonyl (C=O) groups excluding carboxylic acids is 2. The van der Waals surface area contributed by atoms with Crippen molar-refractivity contribution in [1.29, 1.82) is 5.26 Å². The van der Waals surface area contributed by atoms with Crippen LogP contribution in [0.4, 0.5) is 8.78 Å². The van der Waals surface area contributed by atoms with Crippen molar-refractivity contribution < 1.29 is 23.1 Å². The molecule has 2 unspecified atom stereocenters. The van der Waals surface area contributed by atoms with E-state index < -0.39 is 35.1 Å². The summed E-state index contributed by atoms with van der Waals surface area (Å²) in [6, 6.07) is 24.1. The lowest BCUT2D eigenvalue weighted by molar-refractivity contribution is -0.150. The Morgan fingerprint density at radius 1 is 0.905 bits per heavy atom. The second-order valence-electron chi connectivity index (χ2n) is 10.8. The lowest BCUT2D eigenvalue weighted by Gasteiger charge is -2.24. The lowest BCUT2D eigenvalue weighted by Crippen LogP contribution is -2.48. The Morgan fingerprint density at radius 2 is 1.62 bits per heavy atom. The molecule has 0 saturated carbocycles. The van der Waals surface area contributed by atoms with E-state index in [1.54, 1.807) is 60.7 Å². The number of nitrogens with two attached hydrogens (primary N) is 1. The van der Waals surface area contributed by atoms with Crippen LogP contribution in [0.3, 0.4) is 0 Å². The number of hydrogen-bond acceptors (Lipinski definition) is 5. The highest BCUT2D eigenvalue weighted by Crippen LogP contribution is 2.28. The van der Waals surface area contributed by atoms with Crippen molar-refractivity contribution >= 4 is 11.9 Å². The minimum atomic E-state index is -1.44. The number of nitrogens with one attached hydrogen (secondary N) is 1. The molecular formula is C34H29F2N3O3. The maximum absolute atomic E-state index is 14.6. The molecule has 212 valence electrons. The zero-order chi connectivity index (χ0) is 29.9. The number of fused-ring (bicyclic) bond motifs is 4. The zero-order valence-electron chi connectivity index (χ0n) is 23.0. The Bertz CT molecular complexity index is 1690. The number of cyclic esters (lactones) is 1. The van der Waals surface area contributed by atoms with Gasteiger partial charge >= 0.3 is 5.97 Å². The van der Waals surface area contributed by atoms with Crippen molar-refractivity contribution in [2.75, 3.05) is 0 Å². The van der Waals surface area contributed by atoms with E-state index in [1.165, 1.54) is 31.2 Å². The average Bonchev–Trinajstić information content (AvgIpc) is 2.97. The summed E-state index contributed by atoms with van der Waals surface area (Å²) in [5.41, 5.74) is 9.27. The molecule has 1 heterocycles. The molecule has 0 aliphatic carbocycles. The first kappa shape index (κ1) is 28.7. The molecule has 2 atom stereocenters. The van der Waals surface area contributed by atoms with Gasteiger partial charge in [0, 0.05) is 12.0 Å². The molecule has 0 fully saturated rings. The fourth-order valence-corrected chi connectivity index (χ4v) is 5.24. The van der Waals surface area contributed by atoms with Crippen LogP contribution in [0.5, 0.6) is 0 Å². The van der Waals surface area contributed by atoms with E-state index in [0.717, 1.165) is 0 Å². The van der Waals surface area contributed by atoms with Gasteiger partial charge in [-0.3, -0.25) is 9.59 Å². The van der Waals surface area contributed by atoms with Gasteiger partial charge in [0.25, 0.3) is 5.91 Å². The number of esters is 1. The quantitative estimate of drug-likeness (QED) is 0.294. The Morgan fingerprint density at radius 3 is 2.38 bits per heavy atom. The second-order valence-corrected chi connectivity index (χ2v) is 10.8. The smallest absolute Gasteiger partial charge is 0.326 e. The van der Waals surface area contributed by atoms with E-state index in [4.69, 9.17) is 10.5 Å². The molecule has 0 radical (unpaired) electrons. The number of carbonyl (C=O) groups is 2. The van der Waals surface area contributed by atoms with E-state index in [-0.39, 0.29) is 18.6 Å². The van der Waals surface area contributed by atoms with E-state index in [0.29, 0.717) is 51.8 Å². The monoisotopic (exact) mass is 565 g/mol. The highest BCUT2D eigenvalue weighted by Gasteiger charge is 2.31. The fraction of sp³-hybridized carbons (Fsp3) is 0.206. The zero-order valence-corrected chi connectivity index (χ0v) is 23.0. The molecule has 0 spiro atoms. The van der Waals surface area contributed by atoms with Crippen molar-refractivity contribution in [2.45, 2.75) is 44.4 Å². The third-order valence-corrected chi connectivity index (χ3v) is 7.34. The van der Waals surface area contributed by atoms with Gasteiger partial charge in [-0.05, 0) is 102 Å². The molecule has 0 saturated heterocycles. The van der Waals surface area contributed by atoms with Gasteiger partial charge in [0.2, 0.25) is 0 Å². The lowest BCUT2D eigenvalue weighted by atomic mass is 9.91. The molecule has 4 bridgehead atoms. The van der Waals surface area contributed by atoms with Crippen LogP contribution in [0.15, 0.2) is 84.9 Å². The number of amides is 1. The Labute approximate surface area is 242 Å². The fourth-order valence-electron chi connectivity index (χ4n) is 5.24. The van der Waals surface area contributed by atoms with Gasteiger partial charge in [-0.15, -0.1) is 0 Å². The third kappa shape index (κ3) is 6.54. The topological polar surface area (TPSA) is 105 Å². The van der Waals surface area contributed by atoms with Crippen LogP contribution < -0.4 is 11.1 Å². The number of halogens is 2. The van der Waals surface area contributed by atoms with Crippen LogP contribution >= 0.6 is 0 Å². The molecular weight excluding hydrogens is 536 g/mol. The molecule has 4 aromatic carbocycles. The number of rotatable bonds is 2.